The fraction of sp³-hybridized carbons (Fsp3) is 1.00. The molecule has 2 heteroatoms. The van der Waals surface area contributed by atoms with Crippen LogP contribution in [0.3, 0.4) is 0 Å². The highest BCUT2D eigenvalue weighted by Crippen LogP contribution is 2.19. The average molecular weight is 271 g/mol. The normalized spacial score (nSPS) is 22.0. The Labute approximate surface area is 116 Å². The summed E-state index contributed by atoms with van der Waals surface area (Å²) in [4.78, 5) is 0. The summed E-state index contributed by atoms with van der Waals surface area (Å²) >= 11 is 0. The molecule has 0 saturated carbocycles. The van der Waals surface area contributed by atoms with Gasteiger partial charge in [0.05, 0.1) is 8.80 Å². The zero-order chi connectivity index (χ0) is 13.1. The molecular weight excluding hydrogens is 236 g/mol. The van der Waals surface area contributed by atoms with E-state index in [1.165, 1.54) is 76.7 Å². The molecule has 0 N–H and O–H groups in total. The first-order chi connectivity index (χ1) is 8.84. The molecule has 0 aliphatic carbocycles. The van der Waals surface area contributed by atoms with Crippen LogP contribution in [0, 0.1) is 0 Å². The van der Waals surface area contributed by atoms with Gasteiger partial charge >= 0.3 is 0 Å². The van der Waals surface area contributed by atoms with E-state index < -0.39 is 8.80 Å². The van der Waals surface area contributed by atoms with Crippen LogP contribution in [0.2, 0.25) is 12.6 Å². The molecule has 0 spiro atoms. The Morgan fingerprint density at radius 1 is 0.944 bits per heavy atom. The molecule has 1 saturated heterocycles. The first kappa shape index (κ1) is 16.2. The van der Waals surface area contributed by atoms with Gasteiger partial charge in [-0.05, 0) is 19.3 Å². The maximum Gasteiger partial charge on any atom is 0.0686 e. The molecule has 1 fully saturated rings. The lowest BCUT2D eigenvalue weighted by Crippen LogP contribution is -2.33. The quantitative estimate of drug-likeness (QED) is 0.397. The summed E-state index contributed by atoms with van der Waals surface area (Å²) in [5, 5.41) is 0. The molecule has 0 amide bonds. The van der Waals surface area contributed by atoms with E-state index in [-0.39, 0.29) is 0 Å². The lowest BCUT2D eigenvalue weighted by molar-refractivity contribution is 0.0625. The minimum atomic E-state index is -0.576. The largest absolute Gasteiger partial charge is 0.382 e. The monoisotopic (exact) mass is 270 g/mol. The van der Waals surface area contributed by atoms with Crippen LogP contribution in [0.4, 0.5) is 0 Å². The summed E-state index contributed by atoms with van der Waals surface area (Å²) in [5.41, 5.74) is 0.711. The third-order valence-electron chi connectivity index (χ3n) is 4.36. The summed E-state index contributed by atoms with van der Waals surface area (Å²) in [6, 6.07) is 1.51. The molecule has 1 aliphatic heterocycles. The Balaban J connectivity index is 1.87. The number of hydrogen-bond donors (Lipinski definition) is 0. The van der Waals surface area contributed by atoms with E-state index in [0.717, 1.165) is 6.61 Å². The fourth-order valence-electron chi connectivity index (χ4n) is 3.00. The van der Waals surface area contributed by atoms with E-state index in [9.17, 15) is 0 Å². The van der Waals surface area contributed by atoms with Gasteiger partial charge < -0.3 is 4.74 Å². The second-order valence-corrected chi connectivity index (χ2v) is 9.42. The van der Waals surface area contributed by atoms with Crippen molar-refractivity contribution in [3.05, 3.63) is 0 Å². The maximum absolute atomic E-state index is 5.92. The van der Waals surface area contributed by atoms with E-state index >= 15 is 0 Å². The van der Waals surface area contributed by atoms with Crippen molar-refractivity contribution in [2.24, 2.45) is 0 Å². The van der Waals surface area contributed by atoms with E-state index in [1.807, 2.05) is 0 Å². The molecule has 0 aromatic heterocycles. The Morgan fingerprint density at radius 3 is 2.22 bits per heavy atom. The summed E-state index contributed by atoms with van der Waals surface area (Å²) in [7, 11) is -0.576. The fourth-order valence-corrected chi connectivity index (χ4v) is 5.57. The predicted molar refractivity (Wildman–Crippen MR) is 84.0 cm³/mol. The minimum Gasteiger partial charge on any atom is -0.382 e. The minimum absolute atomic E-state index is 0.576. The highest BCUT2D eigenvalue weighted by Gasteiger charge is 2.21. The highest BCUT2D eigenvalue weighted by molar-refractivity contribution is 6.58. The molecule has 1 heterocycles. The molecule has 1 nitrogen and oxygen atoms in total. The smallest absolute Gasteiger partial charge is 0.0686 e. The number of hydrogen-bond acceptors (Lipinski definition) is 1. The van der Waals surface area contributed by atoms with Gasteiger partial charge in [0.2, 0.25) is 0 Å². The van der Waals surface area contributed by atoms with E-state index in [4.69, 9.17) is 4.74 Å². The van der Waals surface area contributed by atoms with Gasteiger partial charge in [0.15, 0.2) is 0 Å². The first-order valence-corrected chi connectivity index (χ1v) is 11.1. The number of unbranched alkanes of at least 4 members (excludes halogenated alkanes) is 7. The zero-order valence-corrected chi connectivity index (χ0v) is 13.9. The molecule has 1 rings (SSSR count). The van der Waals surface area contributed by atoms with Gasteiger partial charge in [-0.3, -0.25) is 0 Å². The Hall–Kier alpha value is 0.177. The second kappa shape index (κ2) is 11.0. The van der Waals surface area contributed by atoms with E-state index in [0.29, 0.717) is 5.73 Å². The van der Waals surface area contributed by atoms with Crippen LogP contribution >= 0.6 is 0 Å². The first-order valence-electron chi connectivity index (χ1n) is 8.46. The summed E-state index contributed by atoms with van der Waals surface area (Å²) < 4.78 is 5.92. The van der Waals surface area contributed by atoms with Crippen molar-refractivity contribution < 1.29 is 4.74 Å². The van der Waals surface area contributed by atoms with E-state index in [1.54, 1.807) is 0 Å². The molecule has 108 valence electrons. The van der Waals surface area contributed by atoms with Gasteiger partial charge in [-0.2, -0.15) is 0 Å². The summed E-state index contributed by atoms with van der Waals surface area (Å²) in [5.74, 6) is 0. The lowest BCUT2D eigenvalue weighted by atomic mass is 10.1. The molecular formula is C16H34OSi. The molecule has 0 bridgehead atoms. The van der Waals surface area contributed by atoms with Gasteiger partial charge in [-0.1, -0.05) is 70.9 Å². The van der Waals surface area contributed by atoms with Crippen molar-refractivity contribution in [1.82, 2.24) is 0 Å². The lowest BCUT2D eigenvalue weighted by Gasteiger charge is -2.27. The Bertz CT molecular complexity index is 178. The van der Waals surface area contributed by atoms with Crippen molar-refractivity contribution in [3.8, 4) is 0 Å². The van der Waals surface area contributed by atoms with Gasteiger partial charge in [0.25, 0.3) is 0 Å². The van der Waals surface area contributed by atoms with Crippen LogP contribution in [0.1, 0.15) is 77.6 Å². The second-order valence-electron chi connectivity index (χ2n) is 6.15. The number of rotatable bonds is 10. The van der Waals surface area contributed by atoms with E-state index in [2.05, 4.69) is 13.5 Å². The molecule has 2 atom stereocenters. The van der Waals surface area contributed by atoms with Crippen LogP contribution < -0.4 is 0 Å². The average Bonchev–Trinajstić information content (AvgIpc) is 2.42. The van der Waals surface area contributed by atoms with Crippen molar-refractivity contribution in [2.45, 2.75) is 95.9 Å². The van der Waals surface area contributed by atoms with Crippen molar-refractivity contribution in [1.29, 1.82) is 0 Å². The standard InChI is InChI=1S/C16H34OSi/c1-3-4-5-6-7-8-9-12-15-18(2)16-13-10-11-14-17-16/h16,18H,3-15H2,1-2H3. The molecule has 2 unspecified atom stereocenters. The van der Waals surface area contributed by atoms with Gasteiger partial charge in [-0.15, -0.1) is 0 Å². The molecule has 1 aliphatic rings. The van der Waals surface area contributed by atoms with Crippen LogP contribution in [0.15, 0.2) is 0 Å². The van der Waals surface area contributed by atoms with Crippen LogP contribution in [-0.4, -0.2) is 21.1 Å². The van der Waals surface area contributed by atoms with Gasteiger partial charge in [-0.25, -0.2) is 0 Å². The SMILES string of the molecule is CCCCCCCCCC[SiH](C)C1CCCCO1. The zero-order valence-electron chi connectivity index (χ0n) is 12.8. The summed E-state index contributed by atoms with van der Waals surface area (Å²) in [6.45, 7) is 5.86. The van der Waals surface area contributed by atoms with Crippen molar-refractivity contribution in [3.63, 3.8) is 0 Å². The van der Waals surface area contributed by atoms with Crippen LogP contribution in [-0.2, 0) is 4.74 Å². The molecule has 0 aromatic rings. The highest BCUT2D eigenvalue weighted by atomic mass is 28.3. The van der Waals surface area contributed by atoms with Crippen molar-refractivity contribution in [2.75, 3.05) is 6.61 Å². The third kappa shape index (κ3) is 7.58. The van der Waals surface area contributed by atoms with Crippen LogP contribution in [0.25, 0.3) is 0 Å². The topological polar surface area (TPSA) is 9.23 Å². The van der Waals surface area contributed by atoms with Crippen molar-refractivity contribution >= 4 is 8.80 Å². The Kier molecular flexibility index (Phi) is 9.96. The molecule has 18 heavy (non-hydrogen) atoms. The molecule has 0 radical (unpaired) electrons. The predicted octanol–water partition coefficient (Wildman–Crippen LogP) is 5.09. The maximum atomic E-state index is 5.92. The van der Waals surface area contributed by atoms with Gasteiger partial charge in [0, 0.05) is 12.3 Å². The van der Waals surface area contributed by atoms with Crippen LogP contribution in [0.5, 0.6) is 0 Å². The number of ether oxygens (including phenoxy) is 1. The molecule has 0 aromatic carbocycles. The summed E-state index contributed by atoms with van der Waals surface area (Å²) in [6.07, 6.45) is 15.7. The Morgan fingerprint density at radius 2 is 1.61 bits per heavy atom. The third-order valence-corrected chi connectivity index (χ3v) is 7.48. The van der Waals surface area contributed by atoms with Gasteiger partial charge in [0.1, 0.15) is 0 Å².